The van der Waals surface area contributed by atoms with Gasteiger partial charge in [0.2, 0.25) is 0 Å². The lowest BCUT2D eigenvalue weighted by Crippen LogP contribution is -2.37. The van der Waals surface area contributed by atoms with E-state index in [0.717, 1.165) is 56.3 Å². The summed E-state index contributed by atoms with van der Waals surface area (Å²) in [7, 11) is 0. The van der Waals surface area contributed by atoms with Gasteiger partial charge < -0.3 is 14.7 Å². The summed E-state index contributed by atoms with van der Waals surface area (Å²) in [4.78, 5) is 2.61. The van der Waals surface area contributed by atoms with Crippen LogP contribution in [0.3, 0.4) is 0 Å². The molecule has 1 N–H and O–H groups in total. The van der Waals surface area contributed by atoms with Crippen LogP contribution in [-0.2, 0) is 13.0 Å². The Morgan fingerprint density at radius 1 is 0.966 bits per heavy atom. The minimum Gasteiger partial charge on any atom is -0.489 e. The number of hydrogen-bond donors (Lipinski definition) is 1. The summed E-state index contributed by atoms with van der Waals surface area (Å²) in [5.41, 5.74) is 2.15. The van der Waals surface area contributed by atoms with Gasteiger partial charge in [-0.15, -0.1) is 0 Å². The van der Waals surface area contributed by atoms with Crippen LogP contribution in [0.4, 0.5) is 0 Å². The standard InChI is InChI=1S/C24H29Cl2NO2/c25-23-13-21(29-16-17-4-2-1-3-5-17)14-24(26)22(23)12-18-10-11-27(15-18)19-6-8-20(28)9-7-19/h1-5,13-14,18-20,28H,6-12,15-16H2/t18-,19?,20?/m0/s1. The highest BCUT2D eigenvalue weighted by Crippen LogP contribution is 2.35. The Bertz CT molecular complexity index is 783. The molecule has 4 rings (SSSR count). The van der Waals surface area contributed by atoms with Gasteiger partial charge in [0.25, 0.3) is 0 Å². The predicted molar refractivity (Wildman–Crippen MR) is 119 cm³/mol. The van der Waals surface area contributed by atoms with E-state index in [1.165, 1.54) is 6.42 Å². The van der Waals surface area contributed by atoms with Gasteiger partial charge in [-0.25, -0.2) is 0 Å². The van der Waals surface area contributed by atoms with Gasteiger partial charge in [-0.1, -0.05) is 53.5 Å². The molecule has 0 amide bonds. The van der Waals surface area contributed by atoms with Gasteiger partial charge in [-0.2, -0.15) is 0 Å². The van der Waals surface area contributed by atoms with Crippen LogP contribution in [-0.4, -0.2) is 35.2 Å². The maximum Gasteiger partial charge on any atom is 0.122 e. The lowest BCUT2D eigenvalue weighted by Gasteiger charge is -2.33. The summed E-state index contributed by atoms with van der Waals surface area (Å²) in [6, 6.07) is 14.5. The Morgan fingerprint density at radius 2 is 1.66 bits per heavy atom. The number of halogens is 2. The SMILES string of the molecule is OC1CCC(N2CC[C@@H](Cc3c(Cl)cc(OCc4ccccc4)cc3Cl)C2)CC1. The van der Waals surface area contributed by atoms with E-state index in [2.05, 4.69) is 4.90 Å². The van der Waals surface area contributed by atoms with Crippen LogP contribution in [0, 0.1) is 5.92 Å². The van der Waals surface area contributed by atoms with Crippen molar-refractivity contribution in [2.24, 2.45) is 5.92 Å². The molecule has 3 nitrogen and oxygen atoms in total. The van der Waals surface area contributed by atoms with Crippen molar-refractivity contribution in [3.63, 3.8) is 0 Å². The number of aliphatic hydroxyl groups excluding tert-OH is 1. The van der Waals surface area contributed by atoms with E-state index in [-0.39, 0.29) is 6.10 Å². The van der Waals surface area contributed by atoms with Crippen LogP contribution in [0.1, 0.15) is 43.2 Å². The second-order valence-electron chi connectivity index (χ2n) is 8.46. The van der Waals surface area contributed by atoms with Crippen molar-refractivity contribution in [2.75, 3.05) is 13.1 Å². The highest BCUT2D eigenvalue weighted by atomic mass is 35.5. The number of hydrogen-bond acceptors (Lipinski definition) is 3. The highest BCUT2D eigenvalue weighted by Gasteiger charge is 2.31. The quantitative estimate of drug-likeness (QED) is 0.629. The minimum atomic E-state index is -0.0927. The molecule has 0 radical (unpaired) electrons. The van der Waals surface area contributed by atoms with E-state index < -0.39 is 0 Å². The summed E-state index contributed by atoms with van der Waals surface area (Å²) >= 11 is 13.2. The van der Waals surface area contributed by atoms with Crippen molar-refractivity contribution >= 4 is 23.2 Å². The molecular formula is C24H29Cl2NO2. The molecule has 0 aromatic heterocycles. The molecule has 1 saturated heterocycles. The van der Waals surface area contributed by atoms with Gasteiger partial charge in [0, 0.05) is 22.6 Å². The topological polar surface area (TPSA) is 32.7 Å². The molecule has 156 valence electrons. The van der Waals surface area contributed by atoms with Gasteiger partial charge in [0.05, 0.1) is 6.10 Å². The molecule has 1 saturated carbocycles. The van der Waals surface area contributed by atoms with Gasteiger partial charge in [-0.05, 0) is 74.2 Å². The highest BCUT2D eigenvalue weighted by molar-refractivity contribution is 6.36. The van der Waals surface area contributed by atoms with Gasteiger partial charge in [-0.3, -0.25) is 0 Å². The molecule has 2 fully saturated rings. The fraction of sp³-hybridized carbons (Fsp3) is 0.500. The van der Waals surface area contributed by atoms with Crippen LogP contribution < -0.4 is 4.74 Å². The third-order valence-corrected chi connectivity index (χ3v) is 7.03. The van der Waals surface area contributed by atoms with Crippen molar-refractivity contribution in [2.45, 2.75) is 57.3 Å². The normalized spacial score (nSPS) is 25.3. The number of ether oxygens (including phenoxy) is 1. The average Bonchev–Trinajstić information content (AvgIpc) is 3.19. The molecule has 1 heterocycles. The lowest BCUT2D eigenvalue weighted by molar-refractivity contribution is 0.0822. The zero-order chi connectivity index (χ0) is 20.2. The molecule has 5 heteroatoms. The van der Waals surface area contributed by atoms with Crippen molar-refractivity contribution < 1.29 is 9.84 Å². The van der Waals surface area contributed by atoms with Crippen LogP contribution in [0.15, 0.2) is 42.5 Å². The predicted octanol–water partition coefficient (Wildman–Crippen LogP) is 5.74. The summed E-state index contributed by atoms with van der Waals surface area (Å²) in [5, 5.41) is 11.1. The molecular weight excluding hydrogens is 405 g/mol. The van der Waals surface area contributed by atoms with Crippen LogP contribution >= 0.6 is 23.2 Å². The number of likely N-dealkylation sites (tertiary alicyclic amines) is 1. The second-order valence-corrected chi connectivity index (χ2v) is 9.27. The monoisotopic (exact) mass is 433 g/mol. The smallest absolute Gasteiger partial charge is 0.122 e. The largest absolute Gasteiger partial charge is 0.489 e. The molecule has 1 aliphatic carbocycles. The maximum absolute atomic E-state index is 9.74. The second kappa shape index (κ2) is 9.70. The number of rotatable bonds is 6. The zero-order valence-corrected chi connectivity index (χ0v) is 18.2. The van der Waals surface area contributed by atoms with Crippen molar-refractivity contribution in [3.05, 3.63) is 63.6 Å². The first-order valence-electron chi connectivity index (χ1n) is 10.6. The van der Waals surface area contributed by atoms with E-state index in [9.17, 15) is 5.11 Å². The van der Waals surface area contributed by atoms with Gasteiger partial charge in [0.1, 0.15) is 12.4 Å². The Kier molecular flexibility index (Phi) is 7.02. The molecule has 1 aliphatic heterocycles. The molecule has 0 spiro atoms. The zero-order valence-electron chi connectivity index (χ0n) is 16.7. The van der Waals surface area contributed by atoms with Gasteiger partial charge in [0.15, 0.2) is 0 Å². The van der Waals surface area contributed by atoms with Crippen molar-refractivity contribution in [1.82, 2.24) is 4.90 Å². The third-order valence-electron chi connectivity index (χ3n) is 6.36. The minimum absolute atomic E-state index is 0.0927. The first-order valence-corrected chi connectivity index (χ1v) is 11.4. The number of aliphatic hydroxyl groups is 1. The maximum atomic E-state index is 9.74. The molecule has 0 unspecified atom stereocenters. The Morgan fingerprint density at radius 3 is 2.34 bits per heavy atom. The molecule has 2 aromatic rings. The molecule has 0 bridgehead atoms. The fourth-order valence-electron chi connectivity index (χ4n) is 4.67. The Hall–Kier alpha value is -1.26. The fourth-order valence-corrected chi connectivity index (χ4v) is 5.29. The van der Waals surface area contributed by atoms with E-state index >= 15 is 0 Å². The van der Waals surface area contributed by atoms with Crippen LogP contribution in [0.2, 0.25) is 10.0 Å². The third kappa shape index (κ3) is 5.46. The van der Waals surface area contributed by atoms with Crippen molar-refractivity contribution in [1.29, 1.82) is 0 Å². The number of nitrogens with zero attached hydrogens (tertiary/aromatic N) is 1. The van der Waals surface area contributed by atoms with E-state index in [1.54, 1.807) is 0 Å². The van der Waals surface area contributed by atoms with Gasteiger partial charge >= 0.3 is 0 Å². The summed E-state index contributed by atoms with van der Waals surface area (Å²) in [6.07, 6.45) is 6.10. The summed E-state index contributed by atoms with van der Waals surface area (Å²) < 4.78 is 5.89. The van der Waals surface area contributed by atoms with Crippen molar-refractivity contribution in [3.8, 4) is 5.75 Å². The van der Waals surface area contributed by atoms with Crippen LogP contribution in [0.5, 0.6) is 5.75 Å². The molecule has 29 heavy (non-hydrogen) atoms. The molecule has 2 aliphatic rings. The first kappa shape index (κ1) is 21.0. The number of benzene rings is 2. The summed E-state index contributed by atoms with van der Waals surface area (Å²) in [5.74, 6) is 1.29. The Labute approximate surface area is 183 Å². The van der Waals surface area contributed by atoms with E-state index in [0.29, 0.717) is 34.4 Å². The molecule has 2 aromatic carbocycles. The first-order chi connectivity index (χ1) is 14.1. The average molecular weight is 434 g/mol. The van der Waals surface area contributed by atoms with Crippen LogP contribution in [0.25, 0.3) is 0 Å². The van der Waals surface area contributed by atoms with E-state index in [1.807, 2.05) is 42.5 Å². The van der Waals surface area contributed by atoms with E-state index in [4.69, 9.17) is 27.9 Å². The Balaban J connectivity index is 1.34. The summed E-state index contributed by atoms with van der Waals surface area (Å²) in [6.45, 7) is 2.74. The lowest BCUT2D eigenvalue weighted by atomic mass is 9.92. The molecule has 1 atom stereocenters.